The van der Waals surface area contributed by atoms with Gasteiger partial charge in [-0.05, 0) is 116 Å². The Hall–Kier alpha value is -4.31. The van der Waals surface area contributed by atoms with E-state index < -0.39 is 248 Å². The zero-order valence-electron chi connectivity index (χ0n) is 66.7. The predicted molar refractivity (Wildman–Crippen MR) is 424 cm³/mol. The van der Waals surface area contributed by atoms with Gasteiger partial charge in [-0.1, -0.05) is 32.1 Å². The molecule has 17 atom stereocenters. The number of hydrogen-bond acceptors (Lipinski definition) is 41. The minimum Gasteiger partial charge on any atom is -0.480 e. The maximum Gasteiger partial charge on any atom is 0.451 e. The van der Waals surface area contributed by atoms with Gasteiger partial charge in [0.1, 0.15) is 33.7 Å². The molecule has 62 heteroatoms. The van der Waals surface area contributed by atoms with Crippen molar-refractivity contribution in [1.82, 2.24) is 21.5 Å². The number of nitrogens with two attached hydrogens (primary N) is 10. The van der Waals surface area contributed by atoms with Crippen LogP contribution in [0.4, 0.5) is 0 Å². The SMILES string of the molecule is C[C@@H](OS(=O)(=O)N1C[C@H](CCCB(O)O)[C@](N)(C(=O)O)C1)C1(N)CC1.C[C@H](OS(=O)(=O)N1C[C@H](CCCB(O)O)[C@](N)(C(=O)O)C1)C1(N)CC1.N[C@@H]1C[C@H]1OS(=O)(=O)N1C[C@H](CCCB(O)O)[C@](N)(C(=O)O)C1.N[C@H](COS(=O)(=O)N1C[C@H](CCCB(O)O)[C@](N)(C(=O)O)C1)C(=O)O.N[C@H]1C[C@@H]1OS(=O)(=O)N1C[C@H](CCCB(O)O)[C@](N)(C(=O)O)C1. The van der Waals surface area contributed by atoms with Crippen molar-refractivity contribution in [3.8, 4) is 0 Å². The normalized spacial score (nSPS) is 30.9. The Labute approximate surface area is 702 Å². The highest BCUT2D eigenvalue weighted by atomic mass is 32.3. The molecule has 5 saturated heterocycles. The number of carboxylic acids is 6. The standard InChI is InChI=1S/2C13H26BN3O7S.C11H22BN3O9S.2C11H22BN3O7S/c2*1-9(12(15)4-5-12)24-25(22,23)17-7-10(3-2-6-14(20)21)13(16,8-17)11(18)19;13-8(9(16)17)5-24-25(22,23)15-4-7(2-1-3-12(20)21)11(14,6-15)10(18)19;2*13-8-4-9(8)22-23(20,21)15-5-7(2-1-3-12(18)19)11(14,6-15)10(16)17/h2*9-10,20-21H,2-8,15-16H2,1H3,(H,18,19);7-8,20-21H,1-6,13-14H2,(H,16,17)(H,18,19);2*7-9,18-19H,1-6,13-14H2,(H,16,17)/t9-,10+,13+;9-,10-,13-;7-,8+,11-;7-,8+,9+,11-;7-,8-,9-,11-/m10000/s1. The number of hydrogen-bond donors (Lipinski definition) is 26. The molecule has 9 fully saturated rings. The Morgan fingerprint density at radius 2 is 0.570 bits per heavy atom. The number of carbonyl (C=O) groups is 6. The molecule has 5 aliphatic heterocycles. The molecule has 0 radical (unpaired) electrons. The topological polar surface area (TPSA) is 919 Å². The first-order valence-electron chi connectivity index (χ1n) is 38.7. The number of carboxylic acid groups (broad SMARTS) is 6. The molecule has 0 unspecified atom stereocenters. The lowest BCUT2D eigenvalue weighted by molar-refractivity contribution is -0.145. The van der Waals surface area contributed by atoms with Gasteiger partial charge >= 0.3 is 123 Å². The fourth-order valence-corrected chi connectivity index (χ4v) is 20.9. The third-order valence-electron chi connectivity index (χ3n) is 23.2. The summed E-state index contributed by atoms with van der Waals surface area (Å²) in [6.45, 7) is -0.423. The molecular formula is C59H118B5N15O37S5. The van der Waals surface area contributed by atoms with Gasteiger partial charge in [0.2, 0.25) is 0 Å². The van der Waals surface area contributed by atoms with E-state index in [1.807, 2.05) is 0 Å². The maximum atomic E-state index is 12.5. The van der Waals surface area contributed by atoms with Crippen LogP contribution < -0.4 is 57.3 Å². The van der Waals surface area contributed by atoms with Crippen LogP contribution >= 0.6 is 0 Å². The highest BCUT2D eigenvalue weighted by molar-refractivity contribution is 7.85. The zero-order valence-corrected chi connectivity index (χ0v) is 70.8. The smallest absolute Gasteiger partial charge is 0.451 e. The van der Waals surface area contributed by atoms with Crippen molar-refractivity contribution in [1.29, 1.82) is 0 Å². The van der Waals surface area contributed by atoms with E-state index in [9.17, 15) is 96.4 Å². The fraction of sp³-hybridized carbons (Fsp3) is 0.898. The van der Waals surface area contributed by atoms with Gasteiger partial charge < -0.3 is 138 Å². The Balaban J connectivity index is 0.000000269. The van der Waals surface area contributed by atoms with Gasteiger partial charge in [-0.2, -0.15) is 63.6 Å². The van der Waals surface area contributed by atoms with Crippen molar-refractivity contribution < 1.29 is 173 Å². The summed E-state index contributed by atoms with van der Waals surface area (Å²) in [5.41, 5.74) is 47.6. The van der Waals surface area contributed by atoms with Gasteiger partial charge in [0.05, 0.1) is 31.0 Å². The molecular weight excluding hydrogens is 1730 g/mol. The van der Waals surface area contributed by atoms with E-state index in [0.29, 0.717) is 64.2 Å². The summed E-state index contributed by atoms with van der Waals surface area (Å²) in [6, 6.07) is -2.20. The van der Waals surface area contributed by atoms with Crippen LogP contribution in [0.1, 0.15) is 117 Å². The Bertz CT molecular complexity index is 3930. The fourth-order valence-electron chi connectivity index (χ4n) is 14.1. The highest BCUT2D eigenvalue weighted by Gasteiger charge is 2.60. The first-order valence-corrected chi connectivity index (χ1v) is 45.5. The molecule has 52 nitrogen and oxygen atoms in total. The van der Waals surface area contributed by atoms with Crippen LogP contribution in [0.5, 0.6) is 0 Å². The van der Waals surface area contributed by atoms with E-state index in [-0.39, 0.29) is 128 Å². The first kappa shape index (κ1) is 107. The second kappa shape index (κ2) is 42.7. The molecule has 4 saturated carbocycles. The van der Waals surface area contributed by atoms with Gasteiger partial charge in [0.25, 0.3) is 0 Å². The molecule has 121 heavy (non-hydrogen) atoms. The summed E-state index contributed by atoms with van der Waals surface area (Å²) in [6.07, 6.45) is 3.91. The summed E-state index contributed by atoms with van der Waals surface area (Å²) >= 11 is 0. The average molecular weight is 1840 g/mol. The van der Waals surface area contributed by atoms with E-state index in [2.05, 4.69) is 4.18 Å². The summed E-state index contributed by atoms with van der Waals surface area (Å²) in [7, 11) is -28.5. The minimum absolute atomic E-state index is 0.0110. The van der Waals surface area contributed by atoms with Crippen LogP contribution in [0.3, 0.4) is 0 Å². The van der Waals surface area contributed by atoms with Gasteiger partial charge in [0.15, 0.2) is 0 Å². The van der Waals surface area contributed by atoms with E-state index in [4.69, 9.17) is 129 Å². The molecule has 0 spiro atoms. The summed E-state index contributed by atoms with van der Waals surface area (Å²) in [4.78, 5) is 68.2. The molecule has 0 aromatic carbocycles. The van der Waals surface area contributed by atoms with Crippen molar-refractivity contribution in [2.45, 2.75) is 229 Å². The van der Waals surface area contributed by atoms with Crippen LogP contribution in [0.2, 0.25) is 31.6 Å². The molecule has 0 aromatic heterocycles. The predicted octanol–water partition coefficient (Wildman–Crippen LogP) is -12.6. The van der Waals surface area contributed by atoms with E-state index in [1.54, 1.807) is 13.8 Å². The zero-order chi connectivity index (χ0) is 92.3. The lowest BCUT2D eigenvalue weighted by Gasteiger charge is -2.25. The minimum atomic E-state index is -4.42. The Kier molecular flexibility index (Phi) is 37.9. The van der Waals surface area contributed by atoms with E-state index in [1.165, 1.54) is 0 Å². The molecule has 4 aliphatic carbocycles. The van der Waals surface area contributed by atoms with Gasteiger partial charge in [-0.3, -0.25) is 49.7 Å². The van der Waals surface area contributed by atoms with Crippen molar-refractivity contribution >= 4 is 123 Å². The van der Waals surface area contributed by atoms with Crippen molar-refractivity contribution in [3.05, 3.63) is 0 Å². The highest BCUT2D eigenvalue weighted by Crippen LogP contribution is 2.43. The summed E-state index contributed by atoms with van der Waals surface area (Å²) in [5.74, 6) is -11.4. The molecule has 9 rings (SSSR count). The van der Waals surface area contributed by atoms with Gasteiger partial charge in [-0.15, -0.1) is 0 Å². The molecule has 0 bridgehead atoms. The van der Waals surface area contributed by atoms with Crippen LogP contribution in [0.15, 0.2) is 0 Å². The summed E-state index contributed by atoms with van der Waals surface area (Å²) in [5, 5.41) is 144. The van der Waals surface area contributed by atoms with Gasteiger partial charge in [-0.25, -0.2) is 0 Å². The third-order valence-corrected chi connectivity index (χ3v) is 30.2. The quantitative estimate of drug-likeness (QED) is 0.0252. The van der Waals surface area contributed by atoms with Crippen molar-refractivity contribution in [2.24, 2.45) is 86.9 Å². The number of aliphatic carboxylic acids is 6. The lowest BCUT2D eigenvalue weighted by atomic mass is 9.78. The van der Waals surface area contributed by atoms with Crippen LogP contribution in [-0.4, -0.2) is 369 Å². The van der Waals surface area contributed by atoms with E-state index in [0.717, 1.165) is 21.5 Å². The molecule has 0 amide bonds. The van der Waals surface area contributed by atoms with Crippen molar-refractivity contribution in [2.75, 3.05) is 72.1 Å². The molecule has 0 aromatic rings. The van der Waals surface area contributed by atoms with Crippen molar-refractivity contribution in [3.63, 3.8) is 0 Å². The Morgan fingerprint density at radius 3 is 0.744 bits per heavy atom. The summed E-state index contributed by atoms with van der Waals surface area (Å²) < 4.78 is 152. The first-order chi connectivity index (χ1) is 55.3. The third kappa shape index (κ3) is 29.6. The van der Waals surface area contributed by atoms with E-state index >= 15 is 0 Å². The Morgan fingerprint density at radius 1 is 0.372 bits per heavy atom. The van der Waals surface area contributed by atoms with Crippen LogP contribution in [0.25, 0.3) is 0 Å². The monoisotopic (exact) mass is 1840 g/mol. The molecule has 36 N–H and O–H groups in total. The molecule has 9 aliphatic rings. The second-order valence-corrected chi connectivity index (χ2v) is 40.6. The maximum absolute atomic E-state index is 12.5. The number of nitrogens with zero attached hydrogens (tertiary/aromatic N) is 5. The lowest BCUT2D eigenvalue weighted by Crippen LogP contribution is -2.55. The van der Waals surface area contributed by atoms with Crippen LogP contribution in [-0.2, 0) is 101 Å². The van der Waals surface area contributed by atoms with Crippen LogP contribution in [0, 0.1) is 29.6 Å². The largest absolute Gasteiger partial charge is 0.480 e. The second-order valence-electron chi connectivity index (χ2n) is 32.8. The van der Waals surface area contributed by atoms with Gasteiger partial charge in [0, 0.05) is 118 Å². The molecule has 5 heterocycles. The number of rotatable bonds is 44. The molecule has 696 valence electrons. The average Bonchev–Trinajstić information content (AvgIpc) is 1.58.